The fraction of sp³-hybridized carbons (Fsp3) is 0.625. The summed E-state index contributed by atoms with van der Waals surface area (Å²) in [6, 6.07) is 5.66. The van der Waals surface area contributed by atoms with Crippen molar-refractivity contribution in [3.63, 3.8) is 0 Å². The number of ether oxygens (including phenoxy) is 2. The van der Waals surface area contributed by atoms with E-state index in [-0.39, 0.29) is 0 Å². The molecule has 4 heteroatoms. The molecule has 0 heterocycles. The number of alkyl halides is 1. The highest BCUT2D eigenvalue weighted by atomic mass is 79.9. The Morgan fingerprint density at radius 3 is 1.90 bits per heavy atom. The molecule has 1 aromatic carbocycles. The number of aliphatic hydroxyl groups excluding tert-OH is 1. The van der Waals surface area contributed by atoms with Gasteiger partial charge in [0.05, 0.1) is 19.3 Å². The van der Waals surface area contributed by atoms with Crippen LogP contribution in [0.2, 0.25) is 0 Å². The number of rotatable bonds is 10. The maximum absolute atomic E-state index is 9.96. The number of unbranched alkanes of at least 4 members (excludes halogenated alkanes) is 2. The number of hydrogen-bond acceptors (Lipinski definition) is 3. The van der Waals surface area contributed by atoms with E-state index in [4.69, 9.17) is 9.47 Å². The van der Waals surface area contributed by atoms with Gasteiger partial charge in [-0.25, -0.2) is 0 Å². The van der Waals surface area contributed by atoms with Gasteiger partial charge in [-0.05, 0) is 30.5 Å². The molecule has 0 bridgehead atoms. The van der Waals surface area contributed by atoms with Gasteiger partial charge in [0.25, 0.3) is 0 Å². The summed E-state index contributed by atoms with van der Waals surface area (Å²) < 4.78 is 11.4. The highest BCUT2D eigenvalue weighted by Crippen LogP contribution is 2.28. The van der Waals surface area contributed by atoms with E-state index in [0.29, 0.717) is 18.5 Å². The fourth-order valence-corrected chi connectivity index (χ4v) is 2.08. The van der Waals surface area contributed by atoms with Crippen LogP contribution in [0.25, 0.3) is 0 Å². The van der Waals surface area contributed by atoms with Crippen molar-refractivity contribution in [2.45, 2.75) is 45.6 Å². The topological polar surface area (TPSA) is 38.7 Å². The Bertz CT molecular complexity index is 354. The highest BCUT2D eigenvalue weighted by Gasteiger charge is 2.10. The van der Waals surface area contributed by atoms with Crippen LogP contribution in [-0.4, -0.2) is 23.7 Å². The van der Waals surface area contributed by atoms with Crippen molar-refractivity contribution in [3.8, 4) is 11.5 Å². The lowest BCUT2D eigenvalue weighted by molar-refractivity contribution is 0.203. The lowest BCUT2D eigenvalue weighted by Crippen LogP contribution is -2.03. The number of benzene rings is 1. The molecule has 0 aliphatic rings. The Hall–Kier alpha value is -0.740. The fourth-order valence-electron chi connectivity index (χ4n) is 1.71. The monoisotopic (exact) mass is 344 g/mol. The van der Waals surface area contributed by atoms with Crippen LogP contribution in [0.1, 0.15) is 51.2 Å². The van der Waals surface area contributed by atoms with Gasteiger partial charge in [-0.1, -0.05) is 42.6 Å². The third-order valence-electron chi connectivity index (χ3n) is 2.97. The molecule has 0 unspecified atom stereocenters. The minimum absolute atomic E-state index is 0.500. The first-order valence-electron chi connectivity index (χ1n) is 7.35. The molecule has 1 rings (SSSR count). The van der Waals surface area contributed by atoms with Gasteiger partial charge in [0.1, 0.15) is 11.5 Å². The molecule has 1 atom stereocenters. The summed E-state index contributed by atoms with van der Waals surface area (Å²) in [6.07, 6.45) is 3.71. The maximum atomic E-state index is 9.96. The Kier molecular flexibility index (Phi) is 8.70. The van der Waals surface area contributed by atoms with Gasteiger partial charge in [-0.15, -0.1) is 0 Å². The molecule has 0 spiro atoms. The minimum atomic E-state index is -0.543. The van der Waals surface area contributed by atoms with E-state index in [1.165, 1.54) is 0 Å². The van der Waals surface area contributed by atoms with Crippen molar-refractivity contribution in [1.29, 1.82) is 0 Å². The van der Waals surface area contributed by atoms with E-state index in [1.807, 2.05) is 18.2 Å². The van der Waals surface area contributed by atoms with E-state index in [1.54, 1.807) is 0 Å². The van der Waals surface area contributed by atoms with Crippen LogP contribution >= 0.6 is 15.9 Å². The third kappa shape index (κ3) is 6.14. The zero-order valence-corrected chi connectivity index (χ0v) is 14.0. The van der Waals surface area contributed by atoms with Crippen LogP contribution in [0.15, 0.2) is 18.2 Å². The molecule has 3 nitrogen and oxygen atoms in total. The van der Waals surface area contributed by atoms with E-state index >= 15 is 0 Å². The summed E-state index contributed by atoms with van der Waals surface area (Å²) in [7, 11) is 0. The average Bonchev–Trinajstić information content (AvgIpc) is 2.47. The van der Waals surface area contributed by atoms with Crippen LogP contribution in [-0.2, 0) is 0 Å². The smallest absolute Gasteiger partial charge is 0.123 e. The zero-order valence-electron chi connectivity index (χ0n) is 12.4. The minimum Gasteiger partial charge on any atom is -0.493 e. The summed E-state index contributed by atoms with van der Waals surface area (Å²) in [5.74, 6) is 1.53. The van der Waals surface area contributed by atoms with Gasteiger partial charge in [-0.3, -0.25) is 0 Å². The Morgan fingerprint density at radius 1 is 1.00 bits per heavy atom. The van der Waals surface area contributed by atoms with Crippen LogP contribution in [0.5, 0.6) is 11.5 Å². The first-order valence-corrected chi connectivity index (χ1v) is 8.48. The Balaban J connectivity index is 2.77. The molecule has 0 aliphatic carbocycles. The van der Waals surface area contributed by atoms with Gasteiger partial charge in [-0.2, -0.15) is 0 Å². The summed E-state index contributed by atoms with van der Waals surface area (Å²) >= 11 is 3.30. The molecule has 0 amide bonds. The number of halogens is 1. The lowest BCUT2D eigenvalue weighted by Gasteiger charge is -2.14. The lowest BCUT2D eigenvalue weighted by atomic mass is 10.1. The van der Waals surface area contributed by atoms with Crippen LogP contribution < -0.4 is 9.47 Å². The van der Waals surface area contributed by atoms with E-state index in [9.17, 15) is 5.11 Å². The van der Waals surface area contributed by atoms with E-state index in [0.717, 1.165) is 42.7 Å². The van der Waals surface area contributed by atoms with Crippen molar-refractivity contribution < 1.29 is 14.6 Å². The largest absolute Gasteiger partial charge is 0.493 e. The second-order valence-corrected chi connectivity index (χ2v) is 5.46. The van der Waals surface area contributed by atoms with Crippen LogP contribution in [0, 0.1) is 0 Å². The Morgan fingerprint density at radius 2 is 1.50 bits per heavy atom. The SMILES string of the molecule is CCCCOc1cc(OCCCC)cc([C@@H](O)CBr)c1. The van der Waals surface area contributed by atoms with Gasteiger partial charge in [0.2, 0.25) is 0 Å². The van der Waals surface area contributed by atoms with Crippen LogP contribution in [0.3, 0.4) is 0 Å². The maximum Gasteiger partial charge on any atom is 0.123 e. The number of aliphatic hydroxyl groups is 1. The van der Waals surface area contributed by atoms with Gasteiger partial charge in [0.15, 0.2) is 0 Å². The van der Waals surface area contributed by atoms with Crippen LogP contribution in [0.4, 0.5) is 0 Å². The predicted molar refractivity (Wildman–Crippen MR) is 86.0 cm³/mol. The molecule has 0 saturated carbocycles. The molecule has 0 saturated heterocycles. The quantitative estimate of drug-likeness (QED) is 0.502. The first-order chi connectivity index (χ1) is 9.71. The third-order valence-corrected chi connectivity index (χ3v) is 3.58. The van der Waals surface area contributed by atoms with Crippen molar-refractivity contribution in [2.75, 3.05) is 18.5 Å². The van der Waals surface area contributed by atoms with Gasteiger partial charge in [0, 0.05) is 11.4 Å². The normalized spacial score (nSPS) is 12.2. The van der Waals surface area contributed by atoms with E-state index < -0.39 is 6.10 Å². The number of hydrogen-bond donors (Lipinski definition) is 1. The molecule has 1 aromatic rings. The van der Waals surface area contributed by atoms with E-state index in [2.05, 4.69) is 29.8 Å². The van der Waals surface area contributed by atoms with Crippen molar-refractivity contribution in [3.05, 3.63) is 23.8 Å². The molecule has 0 fully saturated rings. The second kappa shape index (κ2) is 10.1. The summed E-state index contributed by atoms with van der Waals surface area (Å²) in [4.78, 5) is 0. The highest BCUT2D eigenvalue weighted by molar-refractivity contribution is 9.09. The van der Waals surface area contributed by atoms with Gasteiger partial charge >= 0.3 is 0 Å². The summed E-state index contributed by atoms with van der Waals surface area (Å²) in [6.45, 7) is 5.65. The molecule has 0 aromatic heterocycles. The molecular formula is C16H25BrO3. The first kappa shape index (κ1) is 17.3. The molecule has 114 valence electrons. The Labute approximate surface area is 130 Å². The molecule has 0 radical (unpaired) electrons. The summed E-state index contributed by atoms with van der Waals surface area (Å²) in [5, 5.41) is 10.5. The molecule has 0 aliphatic heterocycles. The average molecular weight is 345 g/mol. The van der Waals surface area contributed by atoms with Gasteiger partial charge < -0.3 is 14.6 Å². The molecule has 1 N–H and O–H groups in total. The zero-order chi connectivity index (χ0) is 14.8. The molecule has 20 heavy (non-hydrogen) atoms. The predicted octanol–water partition coefficient (Wildman–Crippen LogP) is 4.47. The standard InChI is InChI=1S/C16H25BrO3/c1-3-5-7-19-14-9-13(16(18)12-17)10-15(11-14)20-8-6-4-2/h9-11,16,18H,3-8,12H2,1-2H3/t16-/m0/s1. The van der Waals surface area contributed by atoms with Crippen molar-refractivity contribution in [2.24, 2.45) is 0 Å². The van der Waals surface area contributed by atoms with Crippen molar-refractivity contribution in [1.82, 2.24) is 0 Å². The summed E-state index contributed by atoms with van der Waals surface area (Å²) in [5.41, 5.74) is 0.822. The molecular weight excluding hydrogens is 320 g/mol. The second-order valence-electron chi connectivity index (χ2n) is 4.81. The van der Waals surface area contributed by atoms with Crippen molar-refractivity contribution >= 4 is 15.9 Å².